The maximum Gasteiger partial charge on any atom is 0 e. The Morgan fingerprint density at radius 3 is 1.00 bits per heavy atom. The number of hydrogen-bond acceptors (Lipinski definition) is 0. The minimum atomic E-state index is 0. The first-order chi connectivity index (χ1) is 0. The zero-order valence-corrected chi connectivity index (χ0v) is 9.99. The summed E-state index contributed by atoms with van der Waals surface area (Å²) in [6.07, 6.45) is 0. The third-order valence-corrected chi connectivity index (χ3v) is 0. The summed E-state index contributed by atoms with van der Waals surface area (Å²) >= 11 is 0. The van der Waals surface area contributed by atoms with E-state index in [0.717, 1.165) is 0 Å². The molecule has 0 aromatic rings. The zero-order valence-electron chi connectivity index (χ0n) is 1.95. The third kappa shape index (κ3) is 8.82. The van der Waals surface area contributed by atoms with E-state index in [1.165, 1.54) is 0 Å². The van der Waals surface area contributed by atoms with E-state index in [-0.39, 0.29) is 83.1 Å². The minimum Gasteiger partial charge on any atom is 0 e. The van der Waals surface area contributed by atoms with Crippen LogP contribution >= 0.6 is 0 Å². The van der Waals surface area contributed by atoms with Gasteiger partial charge in [0.15, 0.2) is 0 Å². The van der Waals surface area contributed by atoms with Crippen molar-refractivity contribution in [1.82, 2.24) is 0 Å². The van der Waals surface area contributed by atoms with Gasteiger partial charge in [0.2, 0.25) is 0 Å². The molecule has 0 saturated carbocycles. The van der Waals surface area contributed by atoms with Crippen molar-refractivity contribution in [3.8, 4) is 0 Å². The normalized spacial score (nSPS) is 0. The van der Waals surface area contributed by atoms with Crippen LogP contribution in [0.1, 0.15) is 0 Å². The molecule has 4 heavy (non-hydrogen) atoms. The van der Waals surface area contributed by atoms with Gasteiger partial charge in [0.1, 0.15) is 0 Å². The molecular weight excluding hydrogens is 434 g/mol. The molecule has 1 unspecified atom stereocenters. The molecule has 0 heterocycles. The van der Waals surface area contributed by atoms with E-state index in [9.17, 15) is 0 Å². The fourth-order valence-corrected chi connectivity index (χ4v) is 0. The predicted octanol–water partition coefficient (Wildman–Crippen LogP) is -2.01. The molecule has 0 aliphatic carbocycles. The van der Waals surface area contributed by atoms with Crippen molar-refractivity contribution in [1.29, 1.82) is 0 Å². The minimum absolute atomic E-state index is 0. The molecule has 0 aliphatic rings. The Labute approximate surface area is 81.6 Å². The molecule has 0 fully saturated rings. The number of rotatable bonds is 0. The molecule has 31 valence electrons. The molecule has 0 amide bonds. The first kappa shape index (κ1) is 31.5. The van der Waals surface area contributed by atoms with E-state index in [0.29, 0.717) is 0 Å². The Hall–Kier alpha value is 2.49. The van der Waals surface area contributed by atoms with Gasteiger partial charge in [0, 0.05) is 59.7 Å². The van der Waals surface area contributed by atoms with Gasteiger partial charge in [-0.25, -0.2) is 0 Å². The zero-order chi connectivity index (χ0) is 0. The van der Waals surface area contributed by atoms with Crippen molar-refractivity contribution in [2.45, 2.75) is 0 Å². The Kier molecular flexibility index (Phi) is 141. The largest absolute Gasteiger partial charge is 0 e. The topological polar surface area (TPSA) is 31.5 Å². The van der Waals surface area contributed by atoms with Crippen LogP contribution in [0.25, 0.3) is 0 Å². The fourth-order valence-electron chi connectivity index (χ4n) is 0. The molecule has 1 nitrogen and oxygen atoms in total. The Balaban J connectivity index is 0. The summed E-state index contributed by atoms with van der Waals surface area (Å²) in [6.45, 7) is 0. The van der Waals surface area contributed by atoms with E-state index in [2.05, 4.69) is 0 Å². The van der Waals surface area contributed by atoms with Crippen LogP contribution in [0.5, 0.6) is 0 Å². The van der Waals surface area contributed by atoms with Crippen LogP contribution < -0.4 is 0 Å². The molecule has 1 radical (unpaired) electrons. The van der Waals surface area contributed by atoms with Crippen molar-refractivity contribution < 1.29 is 65.2 Å². The van der Waals surface area contributed by atoms with Gasteiger partial charge in [0.25, 0.3) is 0 Å². The molecule has 0 bridgehead atoms. The van der Waals surface area contributed by atoms with E-state index in [1.54, 1.807) is 0 Å². The smallest absolute Gasteiger partial charge is 0 e. The summed E-state index contributed by atoms with van der Waals surface area (Å²) in [5.41, 5.74) is 0. The molecule has 0 aromatic carbocycles. The van der Waals surface area contributed by atoms with E-state index in [1.807, 2.05) is 0 Å². The van der Waals surface area contributed by atoms with Crippen molar-refractivity contribution in [3.05, 3.63) is 0 Å². The van der Waals surface area contributed by atoms with Gasteiger partial charge in [-0.1, -0.05) is 0 Å². The third-order valence-electron chi connectivity index (χ3n) is 0. The standard InChI is InChI=1S/AsH3.H2O.Tb.W/h1H3;1H2;;. The van der Waals surface area contributed by atoms with Crippen LogP contribution in [0, 0.1) is 38.6 Å². The molecule has 0 aromatic heterocycles. The van der Waals surface area contributed by atoms with Crippen LogP contribution in [0.4, 0.5) is 0 Å². The molecule has 2 N–H and O–H groups in total. The maximum absolute atomic E-state index is 0. The van der Waals surface area contributed by atoms with Gasteiger partial charge in [-0.05, 0) is 0 Å². The van der Waals surface area contributed by atoms with Gasteiger partial charge >= 0.3 is 18.0 Å². The van der Waals surface area contributed by atoms with Gasteiger partial charge in [-0.15, -0.1) is 0 Å². The molecule has 4 heteroatoms. The second-order valence-electron chi connectivity index (χ2n) is 0. The average Bonchev–Trinajstić information content (AvgIpc) is 0. The van der Waals surface area contributed by atoms with Gasteiger partial charge in [-0.3, -0.25) is 0 Å². The monoisotopic (exact) mass is 439 g/mol. The summed E-state index contributed by atoms with van der Waals surface area (Å²) in [5, 5.41) is 0. The second kappa shape index (κ2) is 17.8. The summed E-state index contributed by atoms with van der Waals surface area (Å²) in [6, 6.07) is 0. The average molecular weight is 439 g/mol. The summed E-state index contributed by atoms with van der Waals surface area (Å²) in [5.74, 6) is 0. The Morgan fingerprint density at radius 2 is 1.00 bits per heavy atom. The summed E-state index contributed by atoms with van der Waals surface area (Å²) < 4.78 is 0. The molecule has 0 rings (SSSR count). The van der Waals surface area contributed by atoms with Gasteiger partial charge in [0.05, 0.1) is 0 Å². The SMILES string of the molecule is O.[AsH3].[Tb].[W]. The van der Waals surface area contributed by atoms with E-state index in [4.69, 9.17) is 0 Å². The van der Waals surface area contributed by atoms with Crippen LogP contribution in [0.15, 0.2) is 0 Å². The van der Waals surface area contributed by atoms with Crippen molar-refractivity contribution in [3.63, 3.8) is 0 Å². The van der Waals surface area contributed by atoms with Crippen molar-refractivity contribution in [2.75, 3.05) is 0 Å². The Bertz CT molecular complexity index is 8.00. The molecule has 1 atom stereocenters. The molecule has 0 spiro atoms. The van der Waals surface area contributed by atoms with Crippen molar-refractivity contribution >= 4 is 18.0 Å². The first-order valence-corrected chi connectivity index (χ1v) is 0. The van der Waals surface area contributed by atoms with Crippen molar-refractivity contribution in [2.24, 2.45) is 0 Å². The van der Waals surface area contributed by atoms with Crippen LogP contribution in [0.2, 0.25) is 0 Å². The molecule has 0 saturated heterocycles. The van der Waals surface area contributed by atoms with Crippen LogP contribution in [-0.4, -0.2) is 23.4 Å². The summed E-state index contributed by atoms with van der Waals surface area (Å²) in [4.78, 5) is 0. The predicted molar refractivity (Wildman–Crippen MR) is 13.6 cm³/mol. The van der Waals surface area contributed by atoms with Crippen LogP contribution in [0.3, 0.4) is 0 Å². The van der Waals surface area contributed by atoms with E-state index >= 15 is 0 Å². The first-order valence-electron chi connectivity index (χ1n) is 0. The molecule has 0 aliphatic heterocycles. The number of hydrogen-bond donors (Lipinski definition) is 0. The van der Waals surface area contributed by atoms with Crippen LogP contribution in [-0.2, 0) is 21.1 Å². The quantitative estimate of drug-likeness (QED) is 0.392. The van der Waals surface area contributed by atoms with Gasteiger partial charge < -0.3 is 5.48 Å². The van der Waals surface area contributed by atoms with E-state index < -0.39 is 0 Å². The summed E-state index contributed by atoms with van der Waals surface area (Å²) in [7, 11) is 0. The maximum atomic E-state index is 0. The molecular formula is H5AsOTbW. The van der Waals surface area contributed by atoms with Gasteiger partial charge in [-0.2, -0.15) is 0 Å². The fraction of sp³-hybridized carbons (Fsp3) is 0. The second-order valence-corrected chi connectivity index (χ2v) is 0. The Morgan fingerprint density at radius 1 is 1.00 bits per heavy atom.